The van der Waals surface area contributed by atoms with Gasteiger partial charge in [-0.2, -0.15) is 0 Å². The Morgan fingerprint density at radius 1 is 0.895 bits per heavy atom. The van der Waals surface area contributed by atoms with Crippen molar-refractivity contribution in [1.29, 1.82) is 0 Å². The molecule has 1 radical (unpaired) electrons. The molecule has 2 nitrogen and oxygen atoms in total. The van der Waals surface area contributed by atoms with Crippen molar-refractivity contribution in [2.45, 2.75) is 78.7 Å². The van der Waals surface area contributed by atoms with E-state index in [4.69, 9.17) is 0 Å². The average Bonchev–Trinajstić information content (AvgIpc) is 1.97. The second-order valence-corrected chi connectivity index (χ2v) is 12.7. The summed E-state index contributed by atoms with van der Waals surface area (Å²) < 4.78 is 13.4. The SMILES string of the molecule is CC(C)(C)C(O)CP(=O)(C(C)(C)C)C(C)(C)C.[Cl-].[Ho]. The Balaban J connectivity index is -0.00000128. The average molecular weight is 463 g/mol. The quantitative estimate of drug-likeness (QED) is 0.497. The molecule has 0 aromatic carbocycles. The minimum atomic E-state index is -2.49. The van der Waals surface area contributed by atoms with Gasteiger partial charge in [-0.15, -0.1) is 0 Å². The maximum absolute atomic E-state index is 13.4. The van der Waals surface area contributed by atoms with Gasteiger partial charge >= 0.3 is 0 Å². The number of hydrogen-bond donors (Lipinski definition) is 1. The molecule has 0 amide bonds. The summed E-state index contributed by atoms with van der Waals surface area (Å²) in [4.78, 5) is 0. The van der Waals surface area contributed by atoms with Crippen LogP contribution < -0.4 is 12.4 Å². The monoisotopic (exact) mass is 462 g/mol. The van der Waals surface area contributed by atoms with E-state index in [0.29, 0.717) is 6.16 Å². The van der Waals surface area contributed by atoms with Crippen molar-refractivity contribution in [3.63, 3.8) is 0 Å². The number of halogens is 1. The summed E-state index contributed by atoms with van der Waals surface area (Å²) in [7, 11) is -2.49. The molecule has 0 spiro atoms. The first-order valence-electron chi connectivity index (χ1n) is 6.40. The third-order valence-electron chi connectivity index (χ3n) is 3.60. The first kappa shape index (κ1) is 25.7. The summed E-state index contributed by atoms with van der Waals surface area (Å²) in [6.07, 6.45) is -0.115. The predicted octanol–water partition coefficient (Wildman–Crippen LogP) is 1.36. The van der Waals surface area contributed by atoms with E-state index in [0.717, 1.165) is 0 Å². The van der Waals surface area contributed by atoms with Crippen molar-refractivity contribution in [2.24, 2.45) is 5.41 Å². The molecule has 19 heavy (non-hydrogen) atoms. The Bertz CT molecular complexity index is 293. The largest absolute Gasteiger partial charge is 1.00 e. The zero-order chi connectivity index (χ0) is 14.3. The van der Waals surface area contributed by atoms with Crippen LogP contribution in [0.2, 0.25) is 0 Å². The van der Waals surface area contributed by atoms with Crippen LogP contribution in [0, 0.1) is 43.2 Å². The van der Waals surface area contributed by atoms with E-state index in [1.54, 1.807) is 0 Å². The van der Waals surface area contributed by atoms with E-state index in [1.807, 2.05) is 62.3 Å². The Kier molecular flexibility index (Phi) is 10.6. The van der Waals surface area contributed by atoms with Gasteiger partial charge in [0.1, 0.15) is 7.14 Å². The van der Waals surface area contributed by atoms with Crippen LogP contribution in [0.25, 0.3) is 0 Å². The van der Waals surface area contributed by atoms with Crippen LogP contribution in [0.3, 0.4) is 0 Å². The molecule has 5 heteroatoms. The Labute approximate surface area is 156 Å². The summed E-state index contributed by atoms with van der Waals surface area (Å²) in [5.41, 5.74) is -0.216. The molecule has 0 heterocycles. The van der Waals surface area contributed by atoms with E-state index in [1.165, 1.54) is 0 Å². The van der Waals surface area contributed by atoms with Crippen molar-refractivity contribution in [2.75, 3.05) is 6.16 Å². The fourth-order valence-corrected chi connectivity index (χ4v) is 6.21. The second kappa shape index (κ2) is 7.84. The number of aliphatic hydroxyl groups excluding tert-OH is 1. The smallest absolute Gasteiger partial charge is 0.100 e. The van der Waals surface area contributed by atoms with Gasteiger partial charge in [-0.05, 0) is 5.41 Å². The minimum absolute atomic E-state index is 0. The third kappa shape index (κ3) is 6.57. The molecule has 0 saturated heterocycles. The molecule has 0 rings (SSSR count). The van der Waals surface area contributed by atoms with Crippen LogP contribution >= 0.6 is 7.14 Å². The van der Waals surface area contributed by atoms with Crippen LogP contribution in [0.5, 0.6) is 0 Å². The Morgan fingerprint density at radius 2 is 1.16 bits per heavy atom. The first-order chi connectivity index (χ1) is 7.13. The van der Waals surface area contributed by atoms with Gasteiger partial charge in [-0.3, -0.25) is 0 Å². The van der Waals surface area contributed by atoms with Crippen molar-refractivity contribution >= 4 is 7.14 Å². The summed E-state index contributed by atoms with van der Waals surface area (Å²) in [5.74, 6) is 0. The normalized spacial score (nSPS) is 15.3. The van der Waals surface area contributed by atoms with E-state index in [-0.39, 0.29) is 65.9 Å². The van der Waals surface area contributed by atoms with E-state index < -0.39 is 13.2 Å². The van der Waals surface area contributed by atoms with Gasteiger partial charge in [-0.1, -0.05) is 62.3 Å². The van der Waals surface area contributed by atoms with Gasteiger partial charge in [0.25, 0.3) is 0 Å². The maximum atomic E-state index is 13.4. The number of aliphatic hydroxyl groups is 1. The van der Waals surface area contributed by atoms with Gasteiger partial charge < -0.3 is 22.1 Å². The van der Waals surface area contributed by atoms with Crippen molar-refractivity contribution in [3.05, 3.63) is 0 Å². The van der Waals surface area contributed by atoms with Crippen LogP contribution in [0.1, 0.15) is 62.3 Å². The second-order valence-electron chi connectivity index (χ2n) is 8.15. The van der Waals surface area contributed by atoms with Crippen LogP contribution in [-0.4, -0.2) is 27.7 Å². The minimum Gasteiger partial charge on any atom is -1.00 e. The molecule has 1 atom stereocenters. The van der Waals surface area contributed by atoms with E-state index in [9.17, 15) is 9.67 Å². The molecule has 1 N–H and O–H groups in total. The maximum Gasteiger partial charge on any atom is 0.100 e. The molecular weight excluding hydrogens is 432 g/mol. The molecule has 1 unspecified atom stereocenters. The topological polar surface area (TPSA) is 37.3 Å². The molecule has 0 aliphatic rings. The van der Waals surface area contributed by atoms with Gasteiger partial charge in [0, 0.05) is 54.2 Å². The van der Waals surface area contributed by atoms with Gasteiger partial charge in [-0.25, -0.2) is 0 Å². The first-order valence-corrected chi connectivity index (χ1v) is 8.29. The number of hydrogen-bond acceptors (Lipinski definition) is 2. The molecular formula is C14H31ClHoO2P-. The van der Waals surface area contributed by atoms with E-state index in [2.05, 4.69) is 0 Å². The summed E-state index contributed by atoms with van der Waals surface area (Å²) in [6.45, 7) is 18.1. The zero-order valence-corrected chi connectivity index (χ0v) is 17.4. The molecule has 123 valence electrons. The standard InChI is InChI=1S/C14H31O2P.ClH.Ho/c1-12(2,3)11(15)10-17(16,13(4,5)6)14(7,8)9;;/h11,15H,10H2,1-9H3;1H;/p-1. The number of rotatable bonds is 2. The predicted molar refractivity (Wildman–Crippen MR) is 77.4 cm³/mol. The van der Waals surface area contributed by atoms with E-state index >= 15 is 0 Å². The fraction of sp³-hybridized carbons (Fsp3) is 1.00. The Hall–Kier alpha value is 1.74. The molecule has 0 aliphatic carbocycles. The fourth-order valence-electron chi connectivity index (χ4n) is 2.07. The molecule has 0 aromatic rings. The summed E-state index contributed by atoms with van der Waals surface area (Å²) in [5, 5.41) is 9.74. The third-order valence-corrected chi connectivity index (χ3v) is 8.79. The summed E-state index contributed by atoms with van der Waals surface area (Å²) in [6, 6.07) is 0. The van der Waals surface area contributed by atoms with Gasteiger partial charge in [0.05, 0.1) is 6.10 Å². The zero-order valence-electron chi connectivity index (χ0n) is 13.8. The molecule has 0 aromatic heterocycles. The van der Waals surface area contributed by atoms with Crippen molar-refractivity contribution in [3.8, 4) is 0 Å². The van der Waals surface area contributed by atoms with Crippen LogP contribution in [0.15, 0.2) is 0 Å². The van der Waals surface area contributed by atoms with Crippen molar-refractivity contribution < 1.29 is 59.8 Å². The summed E-state index contributed by atoms with van der Waals surface area (Å²) >= 11 is 0. The van der Waals surface area contributed by atoms with Gasteiger partial charge in [0.15, 0.2) is 0 Å². The Morgan fingerprint density at radius 3 is 1.32 bits per heavy atom. The molecule has 0 bridgehead atoms. The molecule has 0 saturated carbocycles. The molecule has 0 aliphatic heterocycles. The van der Waals surface area contributed by atoms with Gasteiger partial charge in [0.2, 0.25) is 0 Å². The molecule has 0 fully saturated rings. The van der Waals surface area contributed by atoms with Crippen LogP contribution in [-0.2, 0) is 4.57 Å². The van der Waals surface area contributed by atoms with Crippen LogP contribution in [0.4, 0.5) is 0 Å². The van der Waals surface area contributed by atoms with Crippen molar-refractivity contribution in [1.82, 2.24) is 0 Å².